The number of carbonyl (C=O) groups is 2. The van der Waals surface area contributed by atoms with Gasteiger partial charge in [0.15, 0.2) is 0 Å². The molecule has 5 nitrogen and oxygen atoms in total. The summed E-state index contributed by atoms with van der Waals surface area (Å²) in [5, 5.41) is 28.7. The lowest BCUT2D eigenvalue weighted by molar-refractivity contribution is -0.137. The van der Waals surface area contributed by atoms with Gasteiger partial charge in [-0.2, -0.15) is 0 Å². The lowest BCUT2D eigenvalue weighted by Crippen LogP contribution is -2.18. The molecule has 4 atom stereocenters. The Bertz CT molecular complexity index is 469. The van der Waals surface area contributed by atoms with E-state index in [2.05, 4.69) is 6.92 Å². The first kappa shape index (κ1) is 21.6. The number of carboxylic acids is 1. The Morgan fingerprint density at radius 2 is 2.04 bits per heavy atom. The van der Waals surface area contributed by atoms with E-state index in [-0.39, 0.29) is 30.5 Å². The molecule has 3 N–H and O–H groups in total. The highest BCUT2D eigenvalue weighted by atomic mass is 16.4. The maximum Gasteiger partial charge on any atom is 0.303 e. The van der Waals surface area contributed by atoms with Crippen molar-refractivity contribution in [2.24, 2.45) is 11.8 Å². The maximum atomic E-state index is 12.1. The summed E-state index contributed by atoms with van der Waals surface area (Å²) < 4.78 is 0. The standard InChI is InChI=1S/C20H32O5/c1-2-3-6-9-15(21)12-13-17-16(18(22)14-19(17)23)10-7-4-5-8-11-20(24)25/h4,7,12-13,15-17,19,21,23H,2-3,5-6,8-11,14H2,1H3,(H,24,25)/b7-4-,13-12+/t15-,16-,17+,19-/m1/s1. The Morgan fingerprint density at radius 3 is 2.72 bits per heavy atom. The molecule has 0 aliphatic heterocycles. The Kier molecular flexibility index (Phi) is 10.3. The van der Waals surface area contributed by atoms with Crippen molar-refractivity contribution < 1.29 is 24.9 Å². The Labute approximate surface area is 150 Å². The minimum absolute atomic E-state index is 0.0535. The monoisotopic (exact) mass is 352 g/mol. The molecule has 0 aromatic carbocycles. The summed E-state index contributed by atoms with van der Waals surface area (Å²) in [5.41, 5.74) is 0. The summed E-state index contributed by atoms with van der Waals surface area (Å²) in [6.45, 7) is 2.11. The van der Waals surface area contributed by atoms with Gasteiger partial charge in [0.05, 0.1) is 12.2 Å². The number of Topliss-reactive ketones (excluding diaryl/α,β-unsaturated/α-hetero) is 1. The molecule has 1 aliphatic carbocycles. The number of hydrogen-bond acceptors (Lipinski definition) is 4. The number of carbonyl (C=O) groups excluding carboxylic acids is 1. The van der Waals surface area contributed by atoms with Crippen LogP contribution in [0.1, 0.15) is 64.7 Å². The molecule has 0 spiro atoms. The van der Waals surface area contributed by atoms with Gasteiger partial charge in [-0.25, -0.2) is 0 Å². The third-order valence-electron chi connectivity index (χ3n) is 4.71. The van der Waals surface area contributed by atoms with E-state index >= 15 is 0 Å². The van der Waals surface area contributed by atoms with Crippen LogP contribution in [0, 0.1) is 11.8 Å². The van der Waals surface area contributed by atoms with Gasteiger partial charge in [-0.05, 0) is 25.7 Å². The van der Waals surface area contributed by atoms with Crippen molar-refractivity contribution in [3.8, 4) is 0 Å². The van der Waals surface area contributed by atoms with E-state index in [4.69, 9.17) is 5.11 Å². The fourth-order valence-electron chi connectivity index (χ4n) is 3.22. The summed E-state index contributed by atoms with van der Waals surface area (Å²) in [6.07, 6.45) is 12.1. The number of carboxylic acid groups (broad SMARTS) is 1. The molecule has 0 bridgehead atoms. The second-order valence-corrected chi connectivity index (χ2v) is 6.86. The quantitative estimate of drug-likeness (QED) is 0.370. The molecule has 5 heteroatoms. The van der Waals surface area contributed by atoms with Crippen molar-refractivity contribution in [2.75, 3.05) is 0 Å². The molecule has 0 aromatic heterocycles. The fraction of sp³-hybridized carbons (Fsp3) is 0.700. The molecule has 0 aromatic rings. The van der Waals surface area contributed by atoms with E-state index < -0.39 is 18.2 Å². The van der Waals surface area contributed by atoms with Crippen LogP contribution < -0.4 is 0 Å². The first-order valence-corrected chi connectivity index (χ1v) is 9.39. The molecule has 142 valence electrons. The number of unbranched alkanes of at least 4 members (excludes halogenated alkanes) is 3. The van der Waals surface area contributed by atoms with Gasteiger partial charge < -0.3 is 15.3 Å². The van der Waals surface area contributed by atoms with Gasteiger partial charge in [-0.3, -0.25) is 9.59 Å². The van der Waals surface area contributed by atoms with Crippen molar-refractivity contribution in [3.05, 3.63) is 24.3 Å². The van der Waals surface area contributed by atoms with Gasteiger partial charge in [-0.15, -0.1) is 0 Å². The van der Waals surface area contributed by atoms with E-state index in [1.165, 1.54) is 0 Å². The number of ketones is 1. The molecular weight excluding hydrogens is 320 g/mol. The Hall–Kier alpha value is -1.46. The van der Waals surface area contributed by atoms with Gasteiger partial charge in [0.2, 0.25) is 0 Å². The molecule has 0 radical (unpaired) electrons. The zero-order valence-electron chi connectivity index (χ0n) is 15.1. The van der Waals surface area contributed by atoms with Crippen LogP contribution in [0.25, 0.3) is 0 Å². The molecule has 0 saturated heterocycles. The van der Waals surface area contributed by atoms with Crippen LogP contribution in [0.5, 0.6) is 0 Å². The predicted molar refractivity (Wildman–Crippen MR) is 97.1 cm³/mol. The highest BCUT2D eigenvalue weighted by molar-refractivity contribution is 5.84. The Balaban J connectivity index is 2.48. The van der Waals surface area contributed by atoms with E-state index in [0.717, 1.165) is 19.3 Å². The van der Waals surface area contributed by atoms with Crippen LogP contribution in [0.15, 0.2) is 24.3 Å². The van der Waals surface area contributed by atoms with Crippen LogP contribution in [-0.2, 0) is 9.59 Å². The largest absolute Gasteiger partial charge is 0.481 e. The van der Waals surface area contributed by atoms with Gasteiger partial charge in [0.1, 0.15) is 5.78 Å². The smallest absolute Gasteiger partial charge is 0.303 e. The number of rotatable bonds is 12. The highest BCUT2D eigenvalue weighted by Gasteiger charge is 2.39. The fourth-order valence-corrected chi connectivity index (χ4v) is 3.22. The van der Waals surface area contributed by atoms with Gasteiger partial charge in [0, 0.05) is 24.7 Å². The van der Waals surface area contributed by atoms with E-state index in [0.29, 0.717) is 25.7 Å². The van der Waals surface area contributed by atoms with Crippen molar-refractivity contribution in [1.29, 1.82) is 0 Å². The predicted octanol–water partition coefficient (Wildman–Crippen LogP) is 3.25. The van der Waals surface area contributed by atoms with Crippen LogP contribution in [-0.4, -0.2) is 39.3 Å². The second-order valence-electron chi connectivity index (χ2n) is 6.86. The van der Waals surface area contributed by atoms with Crippen LogP contribution in [0.2, 0.25) is 0 Å². The van der Waals surface area contributed by atoms with Gasteiger partial charge in [0.25, 0.3) is 0 Å². The van der Waals surface area contributed by atoms with Crippen molar-refractivity contribution in [1.82, 2.24) is 0 Å². The minimum atomic E-state index is -0.801. The highest BCUT2D eigenvalue weighted by Crippen LogP contribution is 2.33. The number of aliphatic hydroxyl groups is 2. The summed E-state index contributed by atoms with van der Waals surface area (Å²) in [6, 6.07) is 0. The average Bonchev–Trinajstić information content (AvgIpc) is 2.82. The third-order valence-corrected chi connectivity index (χ3v) is 4.71. The molecule has 0 heterocycles. The summed E-state index contributed by atoms with van der Waals surface area (Å²) in [7, 11) is 0. The first-order chi connectivity index (χ1) is 12.0. The summed E-state index contributed by atoms with van der Waals surface area (Å²) in [4.78, 5) is 22.5. The van der Waals surface area contributed by atoms with E-state index in [9.17, 15) is 19.8 Å². The lowest BCUT2D eigenvalue weighted by Gasteiger charge is -2.16. The lowest BCUT2D eigenvalue weighted by atomic mass is 9.90. The molecule has 25 heavy (non-hydrogen) atoms. The second kappa shape index (κ2) is 12.0. The molecular formula is C20H32O5. The van der Waals surface area contributed by atoms with Crippen LogP contribution in [0.4, 0.5) is 0 Å². The first-order valence-electron chi connectivity index (χ1n) is 9.39. The molecule has 0 unspecified atom stereocenters. The summed E-state index contributed by atoms with van der Waals surface area (Å²) >= 11 is 0. The minimum Gasteiger partial charge on any atom is -0.481 e. The number of aliphatic carboxylic acids is 1. The van der Waals surface area contributed by atoms with Gasteiger partial charge >= 0.3 is 5.97 Å². The average molecular weight is 352 g/mol. The zero-order valence-corrected chi connectivity index (χ0v) is 15.1. The van der Waals surface area contributed by atoms with Crippen LogP contribution in [0.3, 0.4) is 0 Å². The Morgan fingerprint density at radius 1 is 1.28 bits per heavy atom. The molecule has 1 saturated carbocycles. The molecule has 1 aliphatic rings. The molecule has 1 fully saturated rings. The van der Waals surface area contributed by atoms with E-state index in [1.807, 2.05) is 12.2 Å². The summed E-state index contributed by atoms with van der Waals surface area (Å²) in [5.74, 6) is -1.26. The maximum absolute atomic E-state index is 12.1. The van der Waals surface area contributed by atoms with Gasteiger partial charge in [-0.1, -0.05) is 50.5 Å². The number of aliphatic hydroxyl groups excluding tert-OH is 2. The third kappa shape index (κ3) is 8.45. The van der Waals surface area contributed by atoms with Crippen LogP contribution >= 0.6 is 0 Å². The topological polar surface area (TPSA) is 94.8 Å². The SMILES string of the molecule is CCCCC[C@@H](O)/C=C/[C@@H]1[C@H](O)CC(=O)[C@@H]1C/C=C\CCCC(=O)O. The van der Waals surface area contributed by atoms with Crippen molar-refractivity contribution in [2.45, 2.75) is 76.9 Å². The van der Waals surface area contributed by atoms with Crippen molar-refractivity contribution >= 4 is 11.8 Å². The van der Waals surface area contributed by atoms with E-state index in [1.54, 1.807) is 12.2 Å². The number of hydrogen-bond donors (Lipinski definition) is 3. The number of allylic oxidation sites excluding steroid dienone is 2. The molecule has 1 rings (SSSR count). The zero-order chi connectivity index (χ0) is 18.7. The normalized spacial score (nSPS) is 25.2. The molecule has 0 amide bonds. The van der Waals surface area contributed by atoms with Crippen molar-refractivity contribution in [3.63, 3.8) is 0 Å².